The Labute approximate surface area is 108 Å². The molecule has 2 atom stereocenters. The maximum absolute atomic E-state index is 11.3. The summed E-state index contributed by atoms with van der Waals surface area (Å²) in [7, 11) is 0. The Morgan fingerprint density at radius 2 is 1.22 bits per heavy atom. The number of rotatable bonds is 5. The van der Waals surface area contributed by atoms with Crippen LogP contribution in [0.4, 0.5) is 0 Å². The zero-order chi connectivity index (χ0) is 14.0. The monoisotopic (exact) mass is 250 g/mol. The summed E-state index contributed by atoms with van der Waals surface area (Å²) >= 11 is 0. The number of carbonyl (C=O) groups is 2. The number of hydrogen-bond acceptors (Lipinski definition) is 4. The summed E-state index contributed by atoms with van der Waals surface area (Å²) < 4.78 is 9.89. The molecule has 0 fully saturated rings. The molecule has 0 radical (unpaired) electrons. The Morgan fingerprint density at radius 3 is 1.50 bits per heavy atom. The van der Waals surface area contributed by atoms with Crippen molar-refractivity contribution in [1.29, 1.82) is 0 Å². The molecule has 0 aromatic heterocycles. The Kier molecular flexibility index (Phi) is 8.14. The van der Waals surface area contributed by atoms with E-state index in [1.807, 2.05) is 0 Å². The summed E-state index contributed by atoms with van der Waals surface area (Å²) in [4.78, 5) is 22.6. The third-order valence-electron chi connectivity index (χ3n) is 1.84. The van der Waals surface area contributed by atoms with Gasteiger partial charge in [-0.1, -0.05) is 11.8 Å². The third-order valence-corrected chi connectivity index (χ3v) is 1.84. The molecule has 0 heterocycles. The highest BCUT2D eigenvalue weighted by atomic mass is 16.5. The number of carbonyl (C=O) groups excluding carboxylic acids is 2. The molecule has 0 spiro atoms. The van der Waals surface area contributed by atoms with E-state index in [2.05, 4.69) is 23.7 Å². The standard InChI is InChI=1S/C14H18O4/c1-5-7-11(3)17-13(15)9-10-14(16)18-12(4)8-6-2/h11-12H,9-10H2,1-4H3. The molecule has 0 bridgehead atoms. The first-order chi connectivity index (χ1) is 8.49. The molecule has 0 rings (SSSR count). The van der Waals surface area contributed by atoms with Crippen molar-refractivity contribution in [2.24, 2.45) is 0 Å². The second kappa shape index (κ2) is 9.13. The molecule has 0 aliphatic rings. The molecular formula is C14H18O4. The van der Waals surface area contributed by atoms with Gasteiger partial charge >= 0.3 is 11.9 Å². The first-order valence-electron chi connectivity index (χ1n) is 5.73. The summed E-state index contributed by atoms with van der Waals surface area (Å²) in [6.45, 7) is 6.67. The van der Waals surface area contributed by atoms with E-state index in [0.29, 0.717) is 0 Å². The lowest BCUT2D eigenvalue weighted by Gasteiger charge is -2.08. The van der Waals surface area contributed by atoms with Gasteiger partial charge in [0.25, 0.3) is 0 Å². The van der Waals surface area contributed by atoms with Gasteiger partial charge in [0.05, 0.1) is 12.8 Å². The molecule has 0 N–H and O–H groups in total. The van der Waals surface area contributed by atoms with Gasteiger partial charge in [-0.25, -0.2) is 0 Å². The minimum absolute atomic E-state index is 0.0131. The Hall–Kier alpha value is -1.94. The van der Waals surface area contributed by atoms with Crippen LogP contribution >= 0.6 is 0 Å². The highest BCUT2D eigenvalue weighted by Gasteiger charge is 2.12. The zero-order valence-electron chi connectivity index (χ0n) is 11.2. The van der Waals surface area contributed by atoms with Crippen LogP contribution in [0.5, 0.6) is 0 Å². The lowest BCUT2D eigenvalue weighted by Crippen LogP contribution is -2.17. The van der Waals surface area contributed by atoms with Crippen LogP contribution in [0.15, 0.2) is 0 Å². The number of ether oxygens (including phenoxy) is 2. The second-order valence-electron chi connectivity index (χ2n) is 3.55. The van der Waals surface area contributed by atoms with E-state index >= 15 is 0 Å². The summed E-state index contributed by atoms with van der Waals surface area (Å²) in [6, 6.07) is 0. The average Bonchev–Trinajstić information content (AvgIpc) is 2.27. The molecule has 0 aliphatic heterocycles. The van der Waals surface area contributed by atoms with E-state index in [0.717, 1.165) is 0 Å². The van der Waals surface area contributed by atoms with Gasteiger partial charge in [0.15, 0.2) is 12.2 Å². The van der Waals surface area contributed by atoms with Crippen molar-refractivity contribution in [3.8, 4) is 23.7 Å². The Balaban J connectivity index is 3.93. The maximum atomic E-state index is 11.3. The van der Waals surface area contributed by atoms with Gasteiger partial charge in [0.2, 0.25) is 0 Å². The Morgan fingerprint density at radius 1 is 0.889 bits per heavy atom. The quantitative estimate of drug-likeness (QED) is 0.550. The first kappa shape index (κ1) is 16.1. The fraction of sp³-hybridized carbons (Fsp3) is 0.571. The molecule has 2 unspecified atom stereocenters. The van der Waals surface area contributed by atoms with Crippen LogP contribution in [0.1, 0.15) is 40.5 Å². The van der Waals surface area contributed by atoms with Crippen molar-refractivity contribution < 1.29 is 19.1 Å². The summed E-state index contributed by atoms with van der Waals surface area (Å²) in [6.07, 6.45) is -0.936. The molecule has 18 heavy (non-hydrogen) atoms. The van der Waals surface area contributed by atoms with Gasteiger partial charge in [-0.2, -0.15) is 0 Å². The first-order valence-corrected chi connectivity index (χ1v) is 5.73. The van der Waals surface area contributed by atoms with Gasteiger partial charge in [-0.05, 0) is 27.7 Å². The Bertz CT molecular complexity index is 363. The molecule has 0 saturated heterocycles. The summed E-state index contributed by atoms with van der Waals surface area (Å²) in [5.74, 6) is 9.74. The van der Waals surface area contributed by atoms with E-state index in [1.165, 1.54) is 0 Å². The van der Waals surface area contributed by atoms with Crippen LogP contribution in [0.2, 0.25) is 0 Å². The van der Waals surface area contributed by atoms with E-state index in [4.69, 9.17) is 9.47 Å². The zero-order valence-corrected chi connectivity index (χ0v) is 11.2. The van der Waals surface area contributed by atoms with Crippen molar-refractivity contribution in [2.45, 2.75) is 52.7 Å². The van der Waals surface area contributed by atoms with E-state index < -0.39 is 24.1 Å². The van der Waals surface area contributed by atoms with Crippen molar-refractivity contribution >= 4 is 11.9 Å². The molecule has 4 nitrogen and oxygen atoms in total. The highest BCUT2D eigenvalue weighted by molar-refractivity contribution is 5.78. The van der Waals surface area contributed by atoms with Gasteiger partial charge in [0.1, 0.15) is 0 Å². The molecule has 0 aliphatic carbocycles. The average molecular weight is 250 g/mol. The normalized spacial score (nSPS) is 12.0. The van der Waals surface area contributed by atoms with Crippen LogP contribution in [0.3, 0.4) is 0 Å². The smallest absolute Gasteiger partial charge is 0.307 e. The molecule has 4 heteroatoms. The highest BCUT2D eigenvalue weighted by Crippen LogP contribution is 2.01. The van der Waals surface area contributed by atoms with Crippen LogP contribution < -0.4 is 0 Å². The van der Waals surface area contributed by atoms with Crippen molar-refractivity contribution in [3.63, 3.8) is 0 Å². The van der Waals surface area contributed by atoms with Crippen LogP contribution in [0, 0.1) is 23.7 Å². The van der Waals surface area contributed by atoms with Gasteiger partial charge < -0.3 is 9.47 Å². The summed E-state index contributed by atoms with van der Waals surface area (Å²) in [5, 5.41) is 0. The predicted molar refractivity (Wildman–Crippen MR) is 67.2 cm³/mol. The lowest BCUT2D eigenvalue weighted by atomic mass is 10.3. The fourth-order valence-electron chi connectivity index (χ4n) is 1.18. The molecule has 0 aromatic rings. The van der Waals surface area contributed by atoms with E-state index in [9.17, 15) is 9.59 Å². The van der Waals surface area contributed by atoms with Gasteiger partial charge in [-0.15, -0.1) is 11.8 Å². The lowest BCUT2D eigenvalue weighted by molar-refractivity contribution is -0.152. The van der Waals surface area contributed by atoms with Crippen LogP contribution in [-0.2, 0) is 19.1 Å². The van der Waals surface area contributed by atoms with Crippen molar-refractivity contribution in [1.82, 2.24) is 0 Å². The van der Waals surface area contributed by atoms with Crippen molar-refractivity contribution in [3.05, 3.63) is 0 Å². The molecule has 98 valence electrons. The second-order valence-corrected chi connectivity index (χ2v) is 3.55. The van der Waals surface area contributed by atoms with E-state index in [-0.39, 0.29) is 12.8 Å². The largest absolute Gasteiger partial charge is 0.449 e. The van der Waals surface area contributed by atoms with E-state index in [1.54, 1.807) is 27.7 Å². The molecule has 0 aromatic carbocycles. The number of esters is 2. The summed E-state index contributed by atoms with van der Waals surface area (Å²) in [5.41, 5.74) is 0. The van der Waals surface area contributed by atoms with Crippen LogP contribution in [0.25, 0.3) is 0 Å². The van der Waals surface area contributed by atoms with Crippen LogP contribution in [-0.4, -0.2) is 24.1 Å². The molecule has 0 saturated carbocycles. The fourth-order valence-corrected chi connectivity index (χ4v) is 1.18. The maximum Gasteiger partial charge on any atom is 0.307 e. The minimum Gasteiger partial charge on any atom is -0.449 e. The third kappa shape index (κ3) is 8.24. The van der Waals surface area contributed by atoms with Gasteiger partial charge in [0, 0.05) is 0 Å². The minimum atomic E-state index is -0.462. The topological polar surface area (TPSA) is 52.6 Å². The predicted octanol–water partition coefficient (Wildman–Crippen LogP) is 1.68. The SMILES string of the molecule is CC#CC(C)OC(=O)CCC(=O)OC(C)C#CC. The molecular weight excluding hydrogens is 232 g/mol. The van der Waals surface area contributed by atoms with Gasteiger partial charge in [-0.3, -0.25) is 9.59 Å². The number of hydrogen-bond donors (Lipinski definition) is 0. The molecule has 0 amide bonds. The van der Waals surface area contributed by atoms with Crippen molar-refractivity contribution in [2.75, 3.05) is 0 Å².